The van der Waals surface area contributed by atoms with Gasteiger partial charge in [-0.25, -0.2) is 0 Å². The van der Waals surface area contributed by atoms with Crippen LogP contribution in [-0.2, 0) is 13.6 Å². The van der Waals surface area contributed by atoms with Crippen molar-refractivity contribution in [2.45, 2.75) is 26.8 Å². The molecule has 0 N–H and O–H groups in total. The molecule has 1 aliphatic heterocycles. The molecule has 1 saturated heterocycles. The van der Waals surface area contributed by atoms with Gasteiger partial charge in [-0.15, -0.1) is 0 Å². The highest BCUT2D eigenvalue weighted by Gasteiger charge is 2.23. The van der Waals surface area contributed by atoms with Gasteiger partial charge in [-0.1, -0.05) is 23.7 Å². The normalized spacial score (nSPS) is 16.0. The number of carbonyl (C=O) groups excluding carboxylic acids is 1. The van der Waals surface area contributed by atoms with Crippen molar-refractivity contribution in [3.63, 3.8) is 0 Å². The Morgan fingerprint density at radius 1 is 1.23 bits per heavy atom. The molecule has 0 radical (unpaired) electrons. The first-order valence-corrected chi connectivity index (χ1v) is 10.3. The molecule has 5 nitrogen and oxygen atoms in total. The smallest absolute Gasteiger partial charge is 0.254 e. The number of benzene rings is 1. The Hall–Kier alpha value is -1.12. The molecule has 0 spiro atoms. The van der Waals surface area contributed by atoms with E-state index in [2.05, 4.69) is 32.6 Å². The fraction of sp³-hybridized carbons (Fsp3) is 0.474. The van der Waals surface area contributed by atoms with E-state index in [9.17, 15) is 4.79 Å². The third-order valence-corrected chi connectivity index (χ3v) is 6.85. The first-order valence-electron chi connectivity index (χ1n) is 8.83. The van der Waals surface area contributed by atoms with E-state index in [0.717, 1.165) is 65.1 Å². The molecule has 26 heavy (non-hydrogen) atoms. The van der Waals surface area contributed by atoms with Crippen molar-refractivity contribution in [3.05, 3.63) is 49.3 Å². The molecular weight excluding hydrogens is 463 g/mol. The van der Waals surface area contributed by atoms with E-state index < -0.39 is 0 Å². The second kappa shape index (κ2) is 8.27. The van der Waals surface area contributed by atoms with Crippen LogP contribution in [-0.4, -0.2) is 51.7 Å². The van der Waals surface area contributed by atoms with Gasteiger partial charge in [-0.3, -0.25) is 14.4 Å². The van der Waals surface area contributed by atoms with Gasteiger partial charge in [0.2, 0.25) is 0 Å². The number of halogens is 2. The molecule has 7 heteroatoms. The van der Waals surface area contributed by atoms with Crippen molar-refractivity contribution >= 4 is 40.1 Å². The van der Waals surface area contributed by atoms with E-state index >= 15 is 0 Å². The number of aromatic nitrogens is 2. The van der Waals surface area contributed by atoms with Gasteiger partial charge in [-0.05, 0) is 54.5 Å². The van der Waals surface area contributed by atoms with Crippen molar-refractivity contribution in [3.8, 4) is 0 Å². The predicted molar refractivity (Wildman–Crippen MR) is 113 cm³/mol. The highest BCUT2D eigenvalue weighted by Crippen LogP contribution is 2.22. The maximum absolute atomic E-state index is 13.0. The average molecular weight is 487 g/mol. The highest BCUT2D eigenvalue weighted by molar-refractivity contribution is 14.1. The summed E-state index contributed by atoms with van der Waals surface area (Å²) >= 11 is 8.65. The fourth-order valence-electron chi connectivity index (χ4n) is 3.39. The van der Waals surface area contributed by atoms with E-state index in [-0.39, 0.29) is 5.91 Å². The summed E-state index contributed by atoms with van der Waals surface area (Å²) in [6.45, 7) is 8.15. The van der Waals surface area contributed by atoms with Crippen LogP contribution in [0.25, 0.3) is 0 Å². The van der Waals surface area contributed by atoms with Gasteiger partial charge in [0.1, 0.15) is 5.15 Å². The van der Waals surface area contributed by atoms with Crippen LogP contribution in [0.4, 0.5) is 0 Å². The number of amides is 1. The Balaban J connectivity index is 1.68. The lowest BCUT2D eigenvalue weighted by molar-refractivity contribution is 0.0760. The van der Waals surface area contributed by atoms with Gasteiger partial charge in [0.05, 0.1) is 11.3 Å². The fourth-order valence-corrected chi connectivity index (χ4v) is 4.22. The summed E-state index contributed by atoms with van der Waals surface area (Å²) in [7, 11) is 1.87. The highest BCUT2D eigenvalue weighted by atomic mass is 127. The minimum Gasteiger partial charge on any atom is -0.337 e. The molecule has 1 amide bonds. The Morgan fingerprint density at radius 3 is 2.69 bits per heavy atom. The third-order valence-electron chi connectivity index (χ3n) is 4.95. The summed E-state index contributed by atoms with van der Waals surface area (Å²) in [5, 5.41) is 5.10. The van der Waals surface area contributed by atoms with Gasteiger partial charge < -0.3 is 4.90 Å². The lowest BCUT2D eigenvalue weighted by atomic mass is 10.1. The molecule has 0 saturated carbocycles. The van der Waals surface area contributed by atoms with Crippen LogP contribution in [0.5, 0.6) is 0 Å². The van der Waals surface area contributed by atoms with Crippen LogP contribution in [0.15, 0.2) is 18.2 Å². The number of hydrogen-bond donors (Lipinski definition) is 0. The first-order chi connectivity index (χ1) is 12.4. The number of nitrogens with zero attached hydrogens (tertiary/aromatic N) is 4. The van der Waals surface area contributed by atoms with Crippen LogP contribution in [0, 0.1) is 17.4 Å². The van der Waals surface area contributed by atoms with Gasteiger partial charge in [0.25, 0.3) is 5.91 Å². The molecule has 2 aromatic rings. The summed E-state index contributed by atoms with van der Waals surface area (Å²) in [6, 6.07) is 5.93. The maximum Gasteiger partial charge on any atom is 0.254 e. The molecule has 0 aliphatic carbocycles. The zero-order chi connectivity index (χ0) is 18.8. The van der Waals surface area contributed by atoms with Crippen LogP contribution in [0.1, 0.15) is 33.6 Å². The first kappa shape index (κ1) is 19.6. The van der Waals surface area contributed by atoms with E-state index in [1.54, 1.807) is 4.68 Å². The predicted octanol–water partition coefficient (Wildman–Crippen LogP) is 3.64. The molecule has 0 bridgehead atoms. The van der Waals surface area contributed by atoms with Crippen LogP contribution >= 0.6 is 34.2 Å². The quantitative estimate of drug-likeness (QED) is 0.622. The van der Waals surface area contributed by atoms with Crippen LogP contribution < -0.4 is 0 Å². The van der Waals surface area contributed by atoms with Crippen LogP contribution in [0.2, 0.25) is 5.15 Å². The molecule has 1 fully saturated rings. The van der Waals surface area contributed by atoms with E-state index in [0.29, 0.717) is 5.15 Å². The molecular formula is C19H24ClIN4O. The molecule has 140 valence electrons. The monoisotopic (exact) mass is 486 g/mol. The Morgan fingerprint density at radius 2 is 2.00 bits per heavy atom. The van der Waals surface area contributed by atoms with E-state index in [4.69, 9.17) is 11.6 Å². The molecule has 1 aliphatic rings. The van der Waals surface area contributed by atoms with Gasteiger partial charge >= 0.3 is 0 Å². The molecule has 1 aromatic heterocycles. The molecule has 1 aromatic carbocycles. The Kier molecular flexibility index (Phi) is 6.25. The van der Waals surface area contributed by atoms with E-state index in [1.807, 2.05) is 44.0 Å². The zero-order valence-electron chi connectivity index (χ0n) is 15.4. The number of rotatable bonds is 3. The Bertz CT molecular complexity index is 820. The zero-order valence-corrected chi connectivity index (χ0v) is 18.3. The minimum atomic E-state index is 0.135. The second-order valence-corrected chi connectivity index (χ2v) is 8.27. The molecule has 3 rings (SSSR count). The largest absolute Gasteiger partial charge is 0.337 e. The molecule has 0 atom stereocenters. The van der Waals surface area contributed by atoms with Crippen molar-refractivity contribution in [1.82, 2.24) is 19.6 Å². The molecule has 0 unspecified atom stereocenters. The average Bonchev–Trinajstić information content (AvgIpc) is 2.80. The maximum atomic E-state index is 13.0. The summed E-state index contributed by atoms with van der Waals surface area (Å²) < 4.78 is 2.77. The van der Waals surface area contributed by atoms with Crippen molar-refractivity contribution in [1.29, 1.82) is 0 Å². The summed E-state index contributed by atoms with van der Waals surface area (Å²) in [6.07, 6.45) is 0.963. The molecule has 2 heterocycles. The number of hydrogen-bond acceptors (Lipinski definition) is 3. The second-order valence-electron chi connectivity index (χ2n) is 6.84. The third kappa shape index (κ3) is 4.07. The van der Waals surface area contributed by atoms with Crippen molar-refractivity contribution < 1.29 is 4.79 Å². The lowest BCUT2D eigenvalue weighted by Crippen LogP contribution is -2.35. The SMILES string of the molecule is Cc1cccc(C(=O)N2CCCN(Cc3c(C)nn(C)c3Cl)CC2)c1I. The standard InChI is InChI=1S/C19H24ClIN4O/c1-13-6-4-7-15(17(13)21)19(26)25-9-5-8-24(10-11-25)12-16-14(2)22-23(3)18(16)20/h4,6-7H,5,8-12H2,1-3H3. The van der Waals surface area contributed by atoms with E-state index in [1.165, 1.54) is 0 Å². The lowest BCUT2D eigenvalue weighted by Gasteiger charge is -2.23. The number of carbonyl (C=O) groups is 1. The minimum absolute atomic E-state index is 0.135. The Labute approximate surface area is 173 Å². The summed E-state index contributed by atoms with van der Waals surface area (Å²) in [4.78, 5) is 17.3. The van der Waals surface area contributed by atoms with Gasteiger partial charge in [0.15, 0.2) is 0 Å². The van der Waals surface area contributed by atoms with Crippen molar-refractivity contribution in [2.24, 2.45) is 7.05 Å². The van der Waals surface area contributed by atoms with Gasteiger partial charge in [0, 0.05) is 48.9 Å². The summed E-state index contributed by atoms with van der Waals surface area (Å²) in [5.41, 5.74) is 4.02. The van der Waals surface area contributed by atoms with Crippen LogP contribution in [0.3, 0.4) is 0 Å². The number of aryl methyl sites for hydroxylation is 3. The van der Waals surface area contributed by atoms with Gasteiger partial charge in [-0.2, -0.15) is 5.10 Å². The van der Waals surface area contributed by atoms with Crippen molar-refractivity contribution in [2.75, 3.05) is 26.2 Å². The summed E-state index contributed by atoms with van der Waals surface area (Å²) in [5.74, 6) is 0.135. The topological polar surface area (TPSA) is 41.4 Å².